The molecule has 1 N–H and O–H groups in total. The van der Waals surface area contributed by atoms with Gasteiger partial charge in [-0.25, -0.2) is 5.06 Å². The number of para-hydroxylation sites is 1. The van der Waals surface area contributed by atoms with E-state index < -0.39 is 18.1 Å². The van der Waals surface area contributed by atoms with Crippen molar-refractivity contribution in [1.82, 2.24) is 4.90 Å². The normalized spacial score (nSPS) is 21.9. The van der Waals surface area contributed by atoms with Crippen molar-refractivity contribution in [2.45, 2.75) is 25.6 Å². The molecule has 3 aromatic carbocycles. The Morgan fingerprint density at radius 2 is 1.52 bits per heavy atom. The summed E-state index contributed by atoms with van der Waals surface area (Å²) in [5.41, 5.74) is 3.13. The van der Waals surface area contributed by atoms with Gasteiger partial charge in [-0.05, 0) is 35.4 Å². The molecule has 2 aliphatic heterocycles. The number of hydrogen-bond acceptors (Lipinski definition) is 5. The third kappa shape index (κ3) is 3.87. The molecule has 0 aliphatic carbocycles. The summed E-state index contributed by atoms with van der Waals surface area (Å²) in [4.78, 5) is 45.6. The first kappa shape index (κ1) is 20.9. The van der Waals surface area contributed by atoms with Gasteiger partial charge >= 0.3 is 0 Å². The quantitative estimate of drug-likeness (QED) is 0.611. The summed E-state index contributed by atoms with van der Waals surface area (Å²) >= 11 is 0. The van der Waals surface area contributed by atoms with Gasteiger partial charge in [-0.15, -0.1) is 0 Å². The smallest absolute Gasteiger partial charge is 0.262 e. The minimum Gasteiger partial charge on any atom is -0.326 e. The van der Waals surface area contributed by atoms with Gasteiger partial charge in [0, 0.05) is 12.6 Å². The van der Waals surface area contributed by atoms with Crippen LogP contribution >= 0.6 is 0 Å². The van der Waals surface area contributed by atoms with E-state index in [0.29, 0.717) is 5.69 Å². The number of nitrogens with zero attached hydrogens (tertiary/aromatic N) is 2. The minimum absolute atomic E-state index is 0.161. The average Bonchev–Trinajstić information content (AvgIpc) is 3.33. The summed E-state index contributed by atoms with van der Waals surface area (Å²) in [6.07, 6.45) is -0.888. The molecule has 0 aromatic heterocycles. The number of anilines is 2. The van der Waals surface area contributed by atoms with Gasteiger partial charge in [0.15, 0.2) is 6.10 Å². The lowest BCUT2D eigenvalue weighted by Gasteiger charge is -2.29. The number of fused-ring (bicyclic) bond motifs is 1. The summed E-state index contributed by atoms with van der Waals surface area (Å²) in [6, 6.07) is 25.7. The van der Waals surface area contributed by atoms with E-state index in [-0.39, 0.29) is 24.3 Å². The molecular weight excluding hydrogens is 418 g/mol. The van der Waals surface area contributed by atoms with Crippen molar-refractivity contribution >= 4 is 29.1 Å². The van der Waals surface area contributed by atoms with Crippen molar-refractivity contribution in [2.24, 2.45) is 5.92 Å². The van der Waals surface area contributed by atoms with Crippen LogP contribution in [0.5, 0.6) is 0 Å². The zero-order valence-corrected chi connectivity index (χ0v) is 18.0. The third-order valence-electron chi connectivity index (χ3n) is 5.97. The van der Waals surface area contributed by atoms with E-state index in [1.165, 1.54) is 11.8 Å². The molecule has 3 atom stereocenters. The fourth-order valence-electron chi connectivity index (χ4n) is 4.50. The van der Waals surface area contributed by atoms with Crippen LogP contribution in [-0.4, -0.2) is 28.7 Å². The predicted molar refractivity (Wildman–Crippen MR) is 123 cm³/mol. The standard InChI is InChI=1S/C26H23N3O4/c1-17(30)27-20-14-12-19(13-15-20)23-22-24(33-29(23)21-10-6-3-7-11-21)26(32)28(25(22)31)16-18-8-4-2-5-9-18/h2-15,22-24H,16H2,1H3,(H,27,30)/t22-,23-,24+/m1/s1. The summed E-state index contributed by atoms with van der Waals surface area (Å²) < 4.78 is 0. The Bertz CT molecular complexity index is 1180. The van der Waals surface area contributed by atoms with Crippen LogP contribution in [0.3, 0.4) is 0 Å². The predicted octanol–water partition coefficient (Wildman–Crippen LogP) is 3.69. The second kappa shape index (κ2) is 8.52. The molecule has 0 unspecified atom stereocenters. The molecule has 0 radical (unpaired) electrons. The molecular formula is C26H23N3O4. The average molecular weight is 441 g/mol. The maximum Gasteiger partial charge on any atom is 0.262 e. The molecule has 3 amide bonds. The Morgan fingerprint density at radius 3 is 2.15 bits per heavy atom. The summed E-state index contributed by atoms with van der Waals surface area (Å²) in [5, 5.41) is 4.41. The van der Waals surface area contributed by atoms with E-state index in [2.05, 4.69) is 5.32 Å². The molecule has 0 saturated carbocycles. The minimum atomic E-state index is -0.888. The number of hydroxylamine groups is 1. The van der Waals surface area contributed by atoms with Gasteiger partial charge in [0.05, 0.1) is 18.3 Å². The highest BCUT2D eigenvalue weighted by Crippen LogP contribution is 2.47. The number of carbonyl (C=O) groups is 3. The van der Waals surface area contributed by atoms with Crippen LogP contribution in [-0.2, 0) is 25.8 Å². The van der Waals surface area contributed by atoms with Gasteiger partial charge in [-0.1, -0.05) is 60.7 Å². The first-order chi connectivity index (χ1) is 16.0. The largest absolute Gasteiger partial charge is 0.326 e. The molecule has 0 bridgehead atoms. The zero-order valence-electron chi connectivity index (χ0n) is 18.0. The van der Waals surface area contributed by atoms with E-state index in [9.17, 15) is 14.4 Å². The maximum atomic E-state index is 13.5. The molecule has 2 heterocycles. The zero-order chi connectivity index (χ0) is 22.9. The monoisotopic (exact) mass is 441 g/mol. The molecule has 0 spiro atoms. The Kier molecular flexibility index (Phi) is 5.40. The number of likely N-dealkylation sites (tertiary alicyclic amines) is 1. The van der Waals surface area contributed by atoms with Crippen LogP contribution in [0.1, 0.15) is 24.1 Å². The van der Waals surface area contributed by atoms with Gasteiger partial charge in [0.1, 0.15) is 5.92 Å². The molecule has 166 valence electrons. The highest BCUT2D eigenvalue weighted by Gasteiger charge is 2.59. The van der Waals surface area contributed by atoms with Crippen LogP contribution in [0.2, 0.25) is 0 Å². The summed E-state index contributed by atoms with van der Waals surface area (Å²) in [6.45, 7) is 1.67. The first-order valence-electron chi connectivity index (χ1n) is 10.8. The van der Waals surface area contributed by atoms with Gasteiger partial charge < -0.3 is 5.32 Å². The molecule has 7 nitrogen and oxygen atoms in total. The number of carbonyl (C=O) groups excluding carboxylic acids is 3. The number of hydrogen-bond donors (Lipinski definition) is 1. The van der Waals surface area contributed by atoms with Crippen LogP contribution in [0, 0.1) is 5.92 Å². The molecule has 33 heavy (non-hydrogen) atoms. The van der Waals surface area contributed by atoms with Crippen LogP contribution in [0.4, 0.5) is 11.4 Å². The van der Waals surface area contributed by atoms with Crippen LogP contribution in [0.25, 0.3) is 0 Å². The summed E-state index contributed by atoms with van der Waals surface area (Å²) in [5.74, 6) is -1.41. The third-order valence-corrected chi connectivity index (χ3v) is 5.97. The lowest BCUT2D eigenvalue weighted by Crippen LogP contribution is -2.36. The van der Waals surface area contributed by atoms with Gasteiger partial charge in [0.25, 0.3) is 5.91 Å². The molecule has 2 fully saturated rings. The molecule has 2 saturated heterocycles. The van der Waals surface area contributed by atoms with E-state index in [1.807, 2.05) is 72.8 Å². The second-order valence-electron chi connectivity index (χ2n) is 8.21. The SMILES string of the molecule is CC(=O)Nc1ccc([C@@H]2[C@H]3C(=O)N(Cc4ccccc4)C(=O)[C@H]3ON2c2ccccc2)cc1. The topological polar surface area (TPSA) is 79.0 Å². The highest BCUT2D eigenvalue weighted by atomic mass is 16.7. The van der Waals surface area contributed by atoms with Crippen molar-refractivity contribution in [2.75, 3.05) is 10.4 Å². The van der Waals surface area contributed by atoms with Crippen molar-refractivity contribution < 1.29 is 19.2 Å². The summed E-state index contributed by atoms with van der Waals surface area (Å²) in [7, 11) is 0. The Labute approximate surface area is 191 Å². The number of nitrogens with one attached hydrogen (secondary N) is 1. The first-order valence-corrected chi connectivity index (χ1v) is 10.8. The van der Waals surface area contributed by atoms with Crippen molar-refractivity contribution in [3.8, 4) is 0 Å². The lowest BCUT2D eigenvalue weighted by molar-refractivity contribution is -0.143. The number of imide groups is 1. The molecule has 7 heteroatoms. The number of rotatable bonds is 5. The van der Waals surface area contributed by atoms with E-state index in [4.69, 9.17) is 4.84 Å². The highest BCUT2D eigenvalue weighted by molar-refractivity contribution is 6.07. The fraction of sp³-hybridized carbons (Fsp3) is 0.192. The van der Waals surface area contributed by atoms with Crippen molar-refractivity contribution in [3.63, 3.8) is 0 Å². The van der Waals surface area contributed by atoms with Crippen LogP contribution in [0.15, 0.2) is 84.9 Å². The molecule has 5 rings (SSSR count). The molecule has 3 aromatic rings. The van der Waals surface area contributed by atoms with Gasteiger partial charge in [-0.2, -0.15) is 0 Å². The van der Waals surface area contributed by atoms with Gasteiger partial charge in [0.2, 0.25) is 11.8 Å². The Balaban J connectivity index is 1.50. The number of benzene rings is 3. The Hall–Kier alpha value is -3.97. The van der Waals surface area contributed by atoms with Crippen molar-refractivity contribution in [3.05, 3.63) is 96.1 Å². The van der Waals surface area contributed by atoms with E-state index in [1.54, 1.807) is 17.2 Å². The van der Waals surface area contributed by atoms with Crippen molar-refractivity contribution in [1.29, 1.82) is 0 Å². The Morgan fingerprint density at radius 1 is 0.879 bits per heavy atom. The van der Waals surface area contributed by atoms with Crippen LogP contribution < -0.4 is 10.4 Å². The molecule has 2 aliphatic rings. The van der Waals surface area contributed by atoms with Gasteiger partial charge in [-0.3, -0.25) is 24.1 Å². The lowest BCUT2D eigenvalue weighted by atomic mass is 9.90. The van der Waals surface area contributed by atoms with E-state index in [0.717, 1.165) is 16.8 Å². The fourth-order valence-corrected chi connectivity index (χ4v) is 4.50. The van der Waals surface area contributed by atoms with E-state index >= 15 is 0 Å². The maximum absolute atomic E-state index is 13.5. The second-order valence-corrected chi connectivity index (χ2v) is 8.21. The number of amides is 3.